The Morgan fingerprint density at radius 2 is 1.88 bits per heavy atom. The highest BCUT2D eigenvalue weighted by Crippen LogP contribution is 2.42. The van der Waals surface area contributed by atoms with Gasteiger partial charge in [0.1, 0.15) is 5.75 Å². The molecule has 7 nitrogen and oxygen atoms in total. The lowest BCUT2D eigenvalue weighted by molar-refractivity contribution is 0.392. The molecule has 0 bridgehead atoms. The van der Waals surface area contributed by atoms with Crippen LogP contribution in [0, 0.1) is 0 Å². The van der Waals surface area contributed by atoms with Crippen LogP contribution in [0.25, 0.3) is 22.4 Å². The quantitative estimate of drug-likeness (QED) is 0.775. The normalized spacial score (nSPS) is 13.8. The van der Waals surface area contributed by atoms with Crippen molar-refractivity contribution in [2.75, 3.05) is 25.1 Å². The average molecular weight is 349 g/mol. The number of phenolic OH excluding ortho intramolecular Hbond substituents is 1. The van der Waals surface area contributed by atoms with Gasteiger partial charge in [-0.15, -0.1) is 5.10 Å². The number of methoxy groups -OCH3 is 1. The van der Waals surface area contributed by atoms with Crippen LogP contribution in [-0.2, 0) is 0 Å². The van der Waals surface area contributed by atoms with E-state index in [9.17, 15) is 5.11 Å². The highest BCUT2D eigenvalue weighted by Gasteiger charge is 2.22. The predicted octanol–water partition coefficient (Wildman–Crippen LogP) is 2.92. The van der Waals surface area contributed by atoms with Gasteiger partial charge in [0.2, 0.25) is 5.88 Å². The van der Waals surface area contributed by atoms with Crippen LogP contribution in [0.15, 0.2) is 42.7 Å². The molecule has 3 aromatic rings. The molecular weight excluding hydrogens is 330 g/mol. The summed E-state index contributed by atoms with van der Waals surface area (Å²) in [5.74, 6) is 0.600. The number of ether oxygens (including phenoxy) is 1. The zero-order chi connectivity index (χ0) is 17.9. The molecule has 1 saturated heterocycles. The number of aromatic hydroxyl groups is 1. The Labute approximate surface area is 151 Å². The first-order chi connectivity index (χ1) is 12.8. The molecule has 0 amide bonds. The third-order valence-electron chi connectivity index (χ3n) is 4.55. The molecule has 0 aliphatic carbocycles. The highest BCUT2D eigenvalue weighted by atomic mass is 16.5. The van der Waals surface area contributed by atoms with Crippen LogP contribution in [0.3, 0.4) is 0 Å². The fourth-order valence-corrected chi connectivity index (χ4v) is 3.29. The van der Waals surface area contributed by atoms with E-state index < -0.39 is 0 Å². The number of hydrogen-bond donors (Lipinski definition) is 1. The summed E-state index contributed by atoms with van der Waals surface area (Å²) < 4.78 is 5.16. The van der Waals surface area contributed by atoms with Crippen molar-refractivity contribution in [3.8, 4) is 34.0 Å². The number of phenols is 1. The average Bonchev–Trinajstić information content (AvgIpc) is 3.23. The molecule has 0 saturated carbocycles. The second-order valence-electron chi connectivity index (χ2n) is 6.18. The Kier molecular flexibility index (Phi) is 4.35. The molecule has 0 radical (unpaired) electrons. The van der Waals surface area contributed by atoms with Crippen LogP contribution in [0.4, 0.5) is 5.69 Å². The molecule has 1 aromatic carbocycles. The molecule has 2 aromatic heterocycles. The molecule has 0 atom stereocenters. The largest absolute Gasteiger partial charge is 0.507 e. The van der Waals surface area contributed by atoms with Gasteiger partial charge >= 0.3 is 0 Å². The van der Waals surface area contributed by atoms with Crippen molar-refractivity contribution in [1.82, 2.24) is 20.4 Å². The van der Waals surface area contributed by atoms with E-state index in [2.05, 4.69) is 31.4 Å². The highest BCUT2D eigenvalue weighted by molar-refractivity contribution is 5.86. The Hall–Kier alpha value is -3.22. The van der Waals surface area contributed by atoms with Crippen LogP contribution in [-0.4, -0.2) is 45.7 Å². The van der Waals surface area contributed by atoms with E-state index in [-0.39, 0.29) is 5.75 Å². The van der Waals surface area contributed by atoms with Crippen LogP contribution < -0.4 is 9.64 Å². The molecule has 132 valence electrons. The van der Waals surface area contributed by atoms with E-state index in [1.807, 2.05) is 12.1 Å². The molecule has 1 N–H and O–H groups in total. The third-order valence-corrected chi connectivity index (χ3v) is 4.55. The molecular formula is C19H19N5O2. The van der Waals surface area contributed by atoms with E-state index in [0.717, 1.165) is 42.7 Å². The van der Waals surface area contributed by atoms with E-state index in [1.165, 1.54) is 0 Å². The second-order valence-corrected chi connectivity index (χ2v) is 6.18. The Bertz CT molecular complexity index is 911. The van der Waals surface area contributed by atoms with E-state index >= 15 is 0 Å². The first-order valence-corrected chi connectivity index (χ1v) is 8.53. The van der Waals surface area contributed by atoms with Crippen molar-refractivity contribution >= 4 is 5.69 Å². The maximum absolute atomic E-state index is 10.8. The molecule has 0 unspecified atom stereocenters. The molecule has 0 spiro atoms. The maximum atomic E-state index is 10.8. The summed E-state index contributed by atoms with van der Waals surface area (Å²) in [6.07, 6.45) is 5.55. The van der Waals surface area contributed by atoms with Gasteiger partial charge in [0.05, 0.1) is 30.3 Å². The third kappa shape index (κ3) is 3.03. The minimum absolute atomic E-state index is 0.167. The van der Waals surface area contributed by atoms with Crippen LogP contribution in [0.1, 0.15) is 12.8 Å². The van der Waals surface area contributed by atoms with Crippen LogP contribution in [0.2, 0.25) is 0 Å². The standard InChI is InChI=1S/C19H19N5O2/c1-26-18-11-14(12-21-23-18)13-9-16(24-7-2-3-8-24)19(17(25)10-13)15-5-4-6-20-22-15/h4-6,9-12,25H,2-3,7-8H2,1H3. The number of rotatable bonds is 4. The van der Waals surface area contributed by atoms with E-state index in [0.29, 0.717) is 17.1 Å². The number of nitrogens with zero attached hydrogens (tertiary/aromatic N) is 5. The maximum Gasteiger partial charge on any atom is 0.233 e. The van der Waals surface area contributed by atoms with Crippen molar-refractivity contribution in [1.29, 1.82) is 0 Å². The number of aromatic nitrogens is 4. The van der Waals surface area contributed by atoms with Gasteiger partial charge in [-0.1, -0.05) is 0 Å². The zero-order valence-corrected chi connectivity index (χ0v) is 14.5. The predicted molar refractivity (Wildman–Crippen MR) is 98.2 cm³/mol. The summed E-state index contributed by atoms with van der Waals surface area (Å²) in [4.78, 5) is 2.28. The molecule has 7 heteroatoms. The molecule has 26 heavy (non-hydrogen) atoms. The van der Waals surface area contributed by atoms with Crippen molar-refractivity contribution in [2.24, 2.45) is 0 Å². The second kappa shape index (κ2) is 6.95. The van der Waals surface area contributed by atoms with Gasteiger partial charge in [0, 0.05) is 30.9 Å². The number of anilines is 1. The van der Waals surface area contributed by atoms with Crippen molar-refractivity contribution in [3.05, 3.63) is 42.7 Å². The van der Waals surface area contributed by atoms with Crippen LogP contribution >= 0.6 is 0 Å². The van der Waals surface area contributed by atoms with Crippen molar-refractivity contribution in [3.63, 3.8) is 0 Å². The molecule has 1 aliphatic rings. The van der Waals surface area contributed by atoms with Gasteiger partial charge in [-0.25, -0.2) is 0 Å². The lowest BCUT2D eigenvalue weighted by atomic mass is 10.00. The van der Waals surface area contributed by atoms with Gasteiger partial charge < -0.3 is 14.7 Å². The topological polar surface area (TPSA) is 84.3 Å². The van der Waals surface area contributed by atoms with E-state index in [1.54, 1.807) is 31.6 Å². The summed E-state index contributed by atoms with van der Waals surface area (Å²) in [5, 5.41) is 26.8. The Balaban J connectivity index is 1.88. The SMILES string of the molecule is COc1cc(-c2cc(O)c(-c3cccnn3)c(N3CCCC3)c2)cnn1. The van der Waals surface area contributed by atoms with Gasteiger partial charge in [-0.05, 0) is 42.7 Å². The molecule has 3 heterocycles. The zero-order valence-electron chi connectivity index (χ0n) is 14.5. The number of benzene rings is 1. The minimum atomic E-state index is 0.167. The summed E-state index contributed by atoms with van der Waals surface area (Å²) >= 11 is 0. The minimum Gasteiger partial charge on any atom is -0.507 e. The summed E-state index contributed by atoms with van der Waals surface area (Å²) in [6, 6.07) is 9.27. The first-order valence-electron chi connectivity index (χ1n) is 8.53. The smallest absolute Gasteiger partial charge is 0.233 e. The monoisotopic (exact) mass is 349 g/mol. The van der Waals surface area contributed by atoms with Gasteiger partial charge in [-0.2, -0.15) is 15.3 Å². The lowest BCUT2D eigenvalue weighted by Crippen LogP contribution is -2.18. The van der Waals surface area contributed by atoms with Gasteiger partial charge in [-0.3, -0.25) is 0 Å². The first kappa shape index (κ1) is 16.3. The number of hydrogen-bond acceptors (Lipinski definition) is 7. The lowest BCUT2D eigenvalue weighted by Gasteiger charge is -2.23. The summed E-state index contributed by atoms with van der Waals surface area (Å²) in [7, 11) is 1.55. The van der Waals surface area contributed by atoms with Gasteiger partial charge in [0.15, 0.2) is 0 Å². The Morgan fingerprint density at radius 3 is 2.62 bits per heavy atom. The summed E-state index contributed by atoms with van der Waals surface area (Å²) in [6.45, 7) is 1.90. The van der Waals surface area contributed by atoms with Crippen molar-refractivity contribution < 1.29 is 9.84 Å². The Morgan fingerprint density at radius 1 is 1.04 bits per heavy atom. The van der Waals surface area contributed by atoms with Crippen molar-refractivity contribution in [2.45, 2.75) is 12.8 Å². The van der Waals surface area contributed by atoms with Crippen LogP contribution in [0.5, 0.6) is 11.6 Å². The molecule has 1 fully saturated rings. The molecule has 4 rings (SSSR count). The fourth-order valence-electron chi connectivity index (χ4n) is 3.29. The molecule has 1 aliphatic heterocycles. The summed E-state index contributed by atoms with van der Waals surface area (Å²) in [5.41, 5.74) is 4.00. The van der Waals surface area contributed by atoms with Gasteiger partial charge in [0.25, 0.3) is 0 Å². The van der Waals surface area contributed by atoms with E-state index in [4.69, 9.17) is 4.74 Å². The fraction of sp³-hybridized carbons (Fsp3) is 0.263.